The SMILES string of the molecule is Cc1ccnc(NC(=O)Cn2cnc(-c3cccs3)cc2=O)c1. The predicted molar refractivity (Wildman–Crippen MR) is 89.4 cm³/mol. The third-order valence-corrected chi connectivity index (χ3v) is 4.04. The highest BCUT2D eigenvalue weighted by molar-refractivity contribution is 7.13. The lowest BCUT2D eigenvalue weighted by atomic mass is 10.3. The number of nitrogens with zero attached hydrogens (tertiary/aromatic N) is 3. The van der Waals surface area contributed by atoms with Crippen molar-refractivity contribution in [1.82, 2.24) is 14.5 Å². The quantitative estimate of drug-likeness (QED) is 0.798. The number of thiophene rings is 1. The number of rotatable bonds is 4. The predicted octanol–water partition coefficient (Wildman–Crippen LogP) is 2.31. The Morgan fingerprint density at radius 2 is 2.17 bits per heavy atom. The number of nitrogens with one attached hydrogen (secondary N) is 1. The molecule has 116 valence electrons. The summed E-state index contributed by atoms with van der Waals surface area (Å²) in [6.07, 6.45) is 3.01. The van der Waals surface area contributed by atoms with E-state index in [1.165, 1.54) is 28.3 Å². The number of aryl methyl sites for hydroxylation is 1. The molecule has 0 saturated carbocycles. The summed E-state index contributed by atoms with van der Waals surface area (Å²) in [7, 11) is 0. The van der Waals surface area contributed by atoms with Gasteiger partial charge < -0.3 is 5.32 Å². The van der Waals surface area contributed by atoms with Crippen molar-refractivity contribution in [1.29, 1.82) is 0 Å². The number of aromatic nitrogens is 3. The van der Waals surface area contributed by atoms with E-state index in [4.69, 9.17) is 0 Å². The molecule has 0 fully saturated rings. The van der Waals surface area contributed by atoms with Crippen LogP contribution in [0.5, 0.6) is 0 Å². The standard InChI is InChI=1S/C16H14N4O2S/c1-11-4-5-17-14(7-11)19-15(21)9-20-10-18-12(8-16(20)22)13-3-2-6-23-13/h2-8,10H,9H2,1H3,(H,17,19,21). The van der Waals surface area contributed by atoms with Gasteiger partial charge in [-0.3, -0.25) is 14.2 Å². The van der Waals surface area contributed by atoms with Crippen molar-refractivity contribution in [3.63, 3.8) is 0 Å². The second kappa shape index (κ2) is 6.53. The minimum atomic E-state index is -0.323. The van der Waals surface area contributed by atoms with Crippen molar-refractivity contribution < 1.29 is 4.79 Å². The van der Waals surface area contributed by atoms with Gasteiger partial charge in [-0.15, -0.1) is 11.3 Å². The lowest BCUT2D eigenvalue weighted by molar-refractivity contribution is -0.116. The number of hydrogen-bond acceptors (Lipinski definition) is 5. The van der Waals surface area contributed by atoms with Crippen LogP contribution in [-0.2, 0) is 11.3 Å². The molecule has 7 heteroatoms. The Balaban J connectivity index is 1.73. The van der Waals surface area contributed by atoms with Crippen LogP contribution in [0.25, 0.3) is 10.6 Å². The van der Waals surface area contributed by atoms with E-state index in [9.17, 15) is 9.59 Å². The summed E-state index contributed by atoms with van der Waals surface area (Å²) in [6, 6.07) is 8.83. The first-order valence-electron chi connectivity index (χ1n) is 6.95. The molecule has 3 aromatic rings. The Morgan fingerprint density at radius 3 is 2.87 bits per heavy atom. The van der Waals surface area contributed by atoms with E-state index in [1.54, 1.807) is 12.3 Å². The zero-order chi connectivity index (χ0) is 16.2. The Morgan fingerprint density at radius 1 is 1.30 bits per heavy atom. The van der Waals surface area contributed by atoms with E-state index in [0.717, 1.165) is 10.4 Å². The first kappa shape index (κ1) is 15.1. The molecule has 3 aromatic heterocycles. The molecule has 3 rings (SSSR count). The molecular formula is C16H14N4O2S. The number of carbonyl (C=O) groups is 1. The van der Waals surface area contributed by atoms with Gasteiger partial charge in [-0.2, -0.15) is 0 Å². The van der Waals surface area contributed by atoms with Crippen molar-refractivity contribution in [3.8, 4) is 10.6 Å². The molecular weight excluding hydrogens is 312 g/mol. The largest absolute Gasteiger partial charge is 0.309 e. The Kier molecular flexibility index (Phi) is 4.29. The van der Waals surface area contributed by atoms with Gasteiger partial charge in [-0.25, -0.2) is 9.97 Å². The van der Waals surface area contributed by atoms with E-state index in [0.29, 0.717) is 11.5 Å². The van der Waals surface area contributed by atoms with E-state index < -0.39 is 0 Å². The van der Waals surface area contributed by atoms with Crippen LogP contribution in [0, 0.1) is 6.92 Å². The minimum absolute atomic E-state index is 0.105. The maximum Gasteiger partial charge on any atom is 0.254 e. The number of anilines is 1. The first-order valence-corrected chi connectivity index (χ1v) is 7.82. The summed E-state index contributed by atoms with van der Waals surface area (Å²) < 4.78 is 1.27. The van der Waals surface area contributed by atoms with Gasteiger partial charge in [0.2, 0.25) is 5.91 Å². The van der Waals surface area contributed by atoms with Gasteiger partial charge in [-0.1, -0.05) is 6.07 Å². The second-order valence-electron chi connectivity index (χ2n) is 4.98. The molecule has 0 aliphatic carbocycles. The summed E-state index contributed by atoms with van der Waals surface area (Å²) in [5.41, 5.74) is 1.34. The van der Waals surface area contributed by atoms with Crippen LogP contribution in [0.4, 0.5) is 5.82 Å². The molecule has 0 aromatic carbocycles. The van der Waals surface area contributed by atoms with Gasteiger partial charge in [0.05, 0.1) is 16.9 Å². The number of hydrogen-bond donors (Lipinski definition) is 1. The van der Waals surface area contributed by atoms with Gasteiger partial charge in [0, 0.05) is 12.3 Å². The molecule has 0 aliphatic rings. The topological polar surface area (TPSA) is 76.9 Å². The first-order chi connectivity index (χ1) is 11.1. The van der Waals surface area contributed by atoms with Crippen molar-refractivity contribution in [2.75, 3.05) is 5.32 Å². The van der Waals surface area contributed by atoms with Crippen LogP contribution in [0.2, 0.25) is 0 Å². The molecule has 3 heterocycles. The Labute approximate surface area is 136 Å². The summed E-state index contributed by atoms with van der Waals surface area (Å²) in [5.74, 6) is 0.141. The fourth-order valence-corrected chi connectivity index (χ4v) is 2.74. The molecule has 0 radical (unpaired) electrons. The lowest BCUT2D eigenvalue weighted by Crippen LogP contribution is -2.27. The summed E-state index contributed by atoms with van der Waals surface area (Å²) in [6.45, 7) is 1.81. The fraction of sp³-hybridized carbons (Fsp3) is 0.125. The maximum absolute atomic E-state index is 12.1. The molecule has 0 saturated heterocycles. The molecule has 23 heavy (non-hydrogen) atoms. The molecule has 0 bridgehead atoms. The zero-order valence-corrected chi connectivity index (χ0v) is 13.2. The minimum Gasteiger partial charge on any atom is -0.309 e. The highest BCUT2D eigenvalue weighted by Gasteiger charge is 2.08. The highest BCUT2D eigenvalue weighted by Crippen LogP contribution is 2.20. The Bertz CT molecular complexity index is 887. The van der Waals surface area contributed by atoms with E-state index in [-0.39, 0.29) is 18.0 Å². The number of amides is 1. The summed E-state index contributed by atoms with van der Waals surface area (Å²) >= 11 is 1.51. The lowest BCUT2D eigenvalue weighted by Gasteiger charge is -2.07. The van der Waals surface area contributed by atoms with Crippen molar-refractivity contribution in [2.45, 2.75) is 13.5 Å². The number of carbonyl (C=O) groups excluding carboxylic acids is 1. The highest BCUT2D eigenvalue weighted by atomic mass is 32.1. The van der Waals surface area contributed by atoms with Crippen LogP contribution < -0.4 is 10.9 Å². The smallest absolute Gasteiger partial charge is 0.254 e. The van der Waals surface area contributed by atoms with Crippen LogP contribution >= 0.6 is 11.3 Å². The molecule has 0 atom stereocenters. The van der Waals surface area contributed by atoms with Gasteiger partial charge in [-0.05, 0) is 36.1 Å². The van der Waals surface area contributed by atoms with E-state index in [2.05, 4.69) is 15.3 Å². The molecule has 6 nitrogen and oxygen atoms in total. The average Bonchev–Trinajstić information content (AvgIpc) is 3.03. The van der Waals surface area contributed by atoms with Gasteiger partial charge in [0.1, 0.15) is 12.4 Å². The van der Waals surface area contributed by atoms with E-state index in [1.807, 2.05) is 30.5 Å². The van der Waals surface area contributed by atoms with Crippen LogP contribution in [0.3, 0.4) is 0 Å². The molecule has 0 spiro atoms. The van der Waals surface area contributed by atoms with Crippen LogP contribution in [-0.4, -0.2) is 20.4 Å². The van der Waals surface area contributed by atoms with Crippen LogP contribution in [0.15, 0.2) is 53.0 Å². The molecule has 0 aliphatic heterocycles. The molecule has 1 amide bonds. The monoisotopic (exact) mass is 326 g/mol. The van der Waals surface area contributed by atoms with Crippen molar-refractivity contribution in [3.05, 3.63) is 64.2 Å². The van der Waals surface area contributed by atoms with Crippen molar-refractivity contribution in [2.24, 2.45) is 0 Å². The maximum atomic E-state index is 12.1. The Hall–Kier alpha value is -2.80. The third-order valence-electron chi connectivity index (χ3n) is 3.15. The third kappa shape index (κ3) is 3.70. The van der Waals surface area contributed by atoms with Crippen molar-refractivity contribution >= 4 is 23.1 Å². The van der Waals surface area contributed by atoms with E-state index >= 15 is 0 Å². The normalized spacial score (nSPS) is 10.5. The summed E-state index contributed by atoms with van der Waals surface area (Å²) in [4.78, 5) is 33.3. The summed E-state index contributed by atoms with van der Waals surface area (Å²) in [5, 5.41) is 4.59. The number of pyridine rings is 1. The molecule has 0 unspecified atom stereocenters. The average molecular weight is 326 g/mol. The fourth-order valence-electron chi connectivity index (χ4n) is 2.05. The zero-order valence-electron chi connectivity index (χ0n) is 12.4. The van der Waals surface area contributed by atoms with Gasteiger partial charge >= 0.3 is 0 Å². The van der Waals surface area contributed by atoms with Gasteiger partial charge in [0.25, 0.3) is 5.56 Å². The van der Waals surface area contributed by atoms with Crippen LogP contribution in [0.1, 0.15) is 5.56 Å². The molecule has 1 N–H and O–H groups in total. The van der Waals surface area contributed by atoms with Gasteiger partial charge in [0.15, 0.2) is 0 Å². The second-order valence-corrected chi connectivity index (χ2v) is 5.93.